The van der Waals surface area contributed by atoms with Crippen LogP contribution in [0.2, 0.25) is 0 Å². The molecule has 2 aromatic rings. The molecule has 0 saturated carbocycles. The quantitative estimate of drug-likeness (QED) is 0.851. The minimum atomic E-state index is -0.718. The molecule has 0 radical (unpaired) electrons. The first-order valence-electron chi connectivity index (χ1n) is 9.12. The SMILES string of the molecule is CCOc1ccccc1CCC(=O)N1C[C@@H](C(=O)NC)Oc2ccccc21. The summed E-state index contributed by atoms with van der Waals surface area (Å²) < 4.78 is 11.4. The Kier molecular flexibility index (Phi) is 5.96. The Labute approximate surface area is 159 Å². The van der Waals surface area contributed by atoms with Gasteiger partial charge in [-0.3, -0.25) is 9.59 Å². The van der Waals surface area contributed by atoms with Crippen LogP contribution in [0.4, 0.5) is 5.69 Å². The number of para-hydroxylation sites is 3. The second-order valence-electron chi connectivity index (χ2n) is 6.23. The fourth-order valence-electron chi connectivity index (χ4n) is 3.15. The Morgan fingerprint density at radius 1 is 1.19 bits per heavy atom. The summed E-state index contributed by atoms with van der Waals surface area (Å²) >= 11 is 0. The maximum absolute atomic E-state index is 13.0. The van der Waals surface area contributed by atoms with Crippen LogP contribution in [0.5, 0.6) is 11.5 Å². The Balaban J connectivity index is 1.76. The summed E-state index contributed by atoms with van der Waals surface area (Å²) in [6, 6.07) is 15.0. The molecule has 6 heteroatoms. The van der Waals surface area contributed by atoms with Crippen molar-refractivity contribution in [1.82, 2.24) is 5.32 Å². The maximum atomic E-state index is 13.0. The molecule has 2 aromatic carbocycles. The molecule has 1 aliphatic heterocycles. The maximum Gasteiger partial charge on any atom is 0.262 e. The molecule has 0 spiro atoms. The number of anilines is 1. The summed E-state index contributed by atoms with van der Waals surface area (Å²) in [6.07, 6.45) is 0.169. The van der Waals surface area contributed by atoms with E-state index in [1.54, 1.807) is 18.0 Å². The first-order chi connectivity index (χ1) is 13.1. The standard InChI is InChI=1S/C21H24N2O4/c1-3-26-17-10-6-4-8-15(17)12-13-20(24)23-14-19(21(25)22-2)27-18-11-7-5-9-16(18)23/h4-11,19H,3,12-14H2,1-2H3,(H,22,25)/t19-/m0/s1. The van der Waals surface area contributed by atoms with Gasteiger partial charge in [0.15, 0.2) is 6.10 Å². The van der Waals surface area contributed by atoms with E-state index in [4.69, 9.17) is 9.47 Å². The van der Waals surface area contributed by atoms with E-state index in [0.717, 1.165) is 11.3 Å². The summed E-state index contributed by atoms with van der Waals surface area (Å²) in [5.74, 6) is 1.05. The van der Waals surface area contributed by atoms with Gasteiger partial charge >= 0.3 is 0 Å². The molecule has 0 fully saturated rings. The average Bonchev–Trinajstić information content (AvgIpc) is 2.71. The zero-order chi connectivity index (χ0) is 19.2. The molecule has 142 valence electrons. The lowest BCUT2D eigenvalue weighted by atomic mass is 10.1. The number of rotatable bonds is 6. The normalized spacial score (nSPS) is 15.5. The third-order valence-electron chi connectivity index (χ3n) is 4.49. The van der Waals surface area contributed by atoms with E-state index < -0.39 is 6.10 Å². The van der Waals surface area contributed by atoms with E-state index in [2.05, 4.69) is 5.32 Å². The van der Waals surface area contributed by atoms with Gasteiger partial charge in [0.2, 0.25) is 5.91 Å². The summed E-state index contributed by atoms with van der Waals surface area (Å²) in [5, 5.41) is 2.59. The molecular weight excluding hydrogens is 344 g/mol. The molecule has 0 unspecified atom stereocenters. The Morgan fingerprint density at radius 3 is 2.70 bits per heavy atom. The van der Waals surface area contributed by atoms with Gasteiger partial charge in [-0.1, -0.05) is 30.3 Å². The Morgan fingerprint density at radius 2 is 1.93 bits per heavy atom. The topological polar surface area (TPSA) is 67.9 Å². The van der Waals surface area contributed by atoms with Gasteiger partial charge in [0.1, 0.15) is 11.5 Å². The number of nitrogens with zero attached hydrogens (tertiary/aromatic N) is 1. The number of fused-ring (bicyclic) bond motifs is 1. The highest BCUT2D eigenvalue weighted by Crippen LogP contribution is 2.33. The minimum Gasteiger partial charge on any atom is -0.494 e. The van der Waals surface area contributed by atoms with Crippen LogP contribution in [0.15, 0.2) is 48.5 Å². The van der Waals surface area contributed by atoms with E-state index in [0.29, 0.717) is 30.9 Å². The molecular formula is C21H24N2O4. The van der Waals surface area contributed by atoms with E-state index in [1.165, 1.54) is 0 Å². The summed E-state index contributed by atoms with van der Waals surface area (Å²) in [4.78, 5) is 26.6. The Bertz CT molecular complexity index is 821. The molecule has 1 heterocycles. The lowest BCUT2D eigenvalue weighted by Gasteiger charge is -2.34. The number of amides is 2. The first kappa shape index (κ1) is 18.8. The van der Waals surface area contributed by atoms with Crippen LogP contribution in [0.1, 0.15) is 18.9 Å². The molecule has 3 rings (SSSR count). The van der Waals surface area contributed by atoms with Crippen LogP contribution < -0.4 is 19.7 Å². The highest BCUT2D eigenvalue weighted by Gasteiger charge is 2.33. The third kappa shape index (κ3) is 4.22. The van der Waals surface area contributed by atoms with E-state index >= 15 is 0 Å². The predicted molar refractivity (Wildman–Crippen MR) is 103 cm³/mol. The lowest BCUT2D eigenvalue weighted by Crippen LogP contribution is -2.50. The third-order valence-corrected chi connectivity index (χ3v) is 4.49. The lowest BCUT2D eigenvalue weighted by molar-refractivity contribution is -0.127. The predicted octanol–water partition coefficient (Wildman–Crippen LogP) is 2.56. The molecule has 0 aliphatic carbocycles. The van der Waals surface area contributed by atoms with Gasteiger partial charge in [-0.15, -0.1) is 0 Å². The fraction of sp³-hybridized carbons (Fsp3) is 0.333. The van der Waals surface area contributed by atoms with Crippen molar-refractivity contribution in [3.8, 4) is 11.5 Å². The molecule has 27 heavy (non-hydrogen) atoms. The van der Waals surface area contributed by atoms with E-state index in [1.807, 2.05) is 49.4 Å². The van der Waals surface area contributed by atoms with Crippen molar-refractivity contribution in [3.63, 3.8) is 0 Å². The van der Waals surface area contributed by atoms with Crippen molar-refractivity contribution < 1.29 is 19.1 Å². The molecule has 6 nitrogen and oxygen atoms in total. The van der Waals surface area contributed by atoms with Crippen LogP contribution in [-0.2, 0) is 16.0 Å². The molecule has 0 aromatic heterocycles. The number of hydrogen-bond donors (Lipinski definition) is 1. The smallest absolute Gasteiger partial charge is 0.262 e. The number of aryl methyl sites for hydroxylation is 1. The molecule has 0 saturated heterocycles. The monoisotopic (exact) mass is 368 g/mol. The van der Waals surface area contributed by atoms with Crippen molar-refractivity contribution >= 4 is 17.5 Å². The number of carbonyl (C=O) groups is 2. The number of carbonyl (C=O) groups excluding carboxylic acids is 2. The van der Waals surface area contributed by atoms with E-state index in [-0.39, 0.29) is 18.4 Å². The van der Waals surface area contributed by atoms with Gasteiger partial charge in [-0.2, -0.15) is 0 Å². The van der Waals surface area contributed by atoms with Gasteiger partial charge < -0.3 is 19.7 Å². The molecule has 1 aliphatic rings. The van der Waals surface area contributed by atoms with Crippen LogP contribution in [0.3, 0.4) is 0 Å². The van der Waals surface area contributed by atoms with Crippen LogP contribution >= 0.6 is 0 Å². The summed E-state index contributed by atoms with van der Waals surface area (Å²) in [5.41, 5.74) is 1.69. The summed E-state index contributed by atoms with van der Waals surface area (Å²) in [6.45, 7) is 2.71. The minimum absolute atomic E-state index is 0.0500. The average molecular weight is 368 g/mol. The van der Waals surface area contributed by atoms with Crippen molar-refractivity contribution in [2.24, 2.45) is 0 Å². The molecule has 0 bridgehead atoms. The Hall–Kier alpha value is -3.02. The van der Waals surface area contributed by atoms with Gasteiger partial charge in [0, 0.05) is 13.5 Å². The molecule has 1 N–H and O–H groups in total. The number of hydrogen-bond acceptors (Lipinski definition) is 4. The van der Waals surface area contributed by atoms with Crippen LogP contribution in [-0.4, -0.2) is 38.1 Å². The number of ether oxygens (including phenoxy) is 2. The van der Waals surface area contributed by atoms with Crippen molar-refractivity contribution in [1.29, 1.82) is 0 Å². The number of benzene rings is 2. The molecule has 2 amide bonds. The van der Waals surface area contributed by atoms with Crippen LogP contribution in [0.25, 0.3) is 0 Å². The van der Waals surface area contributed by atoms with Gasteiger partial charge in [0.25, 0.3) is 5.91 Å². The molecule has 1 atom stereocenters. The largest absolute Gasteiger partial charge is 0.494 e. The first-order valence-corrected chi connectivity index (χ1v) is 9.12. The number of nitrogens with one attached hydrogen (secondary N) is 1. The second kappa shape index (κ2) is 8.58. The van der Waals surface area contributed by atoms with E-state index in [9.17, 15) is 9.59 Å². The highest BCUT2D eigenvalue weighted by molar-refractivity contribution is 5.97. The van der Waals surface area contributed by atoms with Crippen molar-refractivity contribution in [2.45, 2.75) is 25.9 Å². The van der Waals surface area contributed by atoms with Gasteiger partial charge in [-0.25, -0.2) is 0 Å². The zero-order valence-electron chi connectivity index (χ0n) is 15.6. The van der Waals surface area contributed by atoms with Gasteiger partial charge in [-0.05, 0) is 37.1 Å². The zero-order valence-corrected chi connectivity index (χ0v) is 15.6. The van der Waals surface area contributed by atoms with Crippen LogP contribution in [0, 0.1) is 0 Å². The van der Waals surface area contributed by atoms with Crippen molar-refractivity contribution in [2.75, 3.05) is 25.1 Å². The van der Waals surface area contributed by atoms with Gasteiger partial charge in [0.05, 0.1) is 18.8 Å². The summed E-state index contributed by atoms with van der Waals surface area (Å²) in [7, 11) is 1.56. The highest BCUT2D eigenvalue weighted by atomic mass is 16.5. The van der Waals surface area contributed by atoms with Crippen molar-refractivity contribution in [3.05, 3.63) is 54.1 Å². The number of likely N-dealkylation sites (N-methyl/N-ethyl adjacent to an activating group) is 1. The second-order valence-corrected chi connectivity index (χ2v) is 6.23. The fourth-order valence-corrected chi connectivity index (χ4v) is 3.15.